The van der Waals surface area contributed by atoms with Crippen LogP contribution in [0.3, 0.4) is 0 Å². The highest BCUT2D eigenvalue weighted by molar-refractivity contribution is 6.31. The molecule has 5 heteroatoms. The average molecular weight is 345 g/mol. The Balaban J connectivity index is 2.14. The molecule has 3 aromatic rings. The maximum absolute atomic E-state index is 6.13. The SMILES string of the molecule is COCC[NH+]=c1cc(-c2ccc(OC)cc2)oc2ccc(Cl)cc12. The van der Waals surface area contributed by atoms with Crippen LogP contribution in [0.15, 0.2) is 52.9 Å². The van der Waals surface area contributed by atoms with E-state index in [0.29, 0.717) is 18.2 Å². The Morgan fingerprint density at radius 2 is 1.83 bits per heavy atom. The summed E-state index contributed by atoms with van der Waals surface area (Å²) in [5, 5.41) is 2.57. The summed E-state index contributed by atoms with van der Waals surface area (Å²) in [6.07, 6.45) is 0. The molecule has 0 aliphatic rings. The Morgan fingerprint density at radius 3 is 2.54 bits per heavy atom. The molecule has 0 unspecified atom stereocenters. The molecule has 24 heavy (non-hydrogen) atoms. The first kappa shape index (κ1) is 16.6. The van der Waals surface area contributed by atoms with Crippen LogP contribution in [0.4, 0.5) is 0 Å². The molecule has 0 atom stereocenters. The minimum atomic E-state index is 0.617. The third-order valence-corrected chi connectivity index (χ3v) is 3.96. The van der Waals surface area contributed by atoms with Crippen LogP contribution >= 0.6 is 11.6 Å². The van der Waals surface area contributed by atoms with Gasteiger partial charge in [-0.2, -0.15) is 0 Å². The van der Waals surface area contributed by atoms with Crippen molar-refractivity contribution in [3.63, 3.8) is 0 Å². The lowest BCUT2D eigenvalue weighted by Crippen LogP contribution is -2.77. The Labute approximate surface area is 145 Å². The second kappa shape index (κ2) is 7.51. The summed E-state index contributed by atoms with van der Waals surface area (Å²) in [7, 11) is 3.33. The van der Waals surface area contributed by atoms with Gasteiger partial charge in [0.2, 0.25) is 5.36 Å². The van der Waals surface area contributed by atoms with E-state index in [2.05, 4.69) is 4.99 Å². The number of benzene rings is 2. The molecule has 0 radical (unpaired) electrons. The molecular formula is C19H19ClNO3+. The van der Waals surface area contributed by atoms with Crippen molar-refractivity contribution in [3.05, 3.63) is 58.9 Å². The number of fused-ring (bicyclic) bond motifs is 1. The maximum atomic E-state index is 6.13. The number of halogens is 1. The van der Waals surface area contributed by atoms with Crippen molar-refractivity contribution >= 4 is 22.6 Å². The molecule has 0 aliphatic carbocycles. The second-order valence-electron chi connectivity index (χ2n) is 5.31. The van der Waals surface area contributed by atoms with E-state index >= 15 is 0 Å². The number of rotatable bonds is 5. The van der Waals surface area contributed by atoms with Crippen LogP contribution in [0.2, 0.25) is 5.02 Å². The van der Waals surface area contributed by atoms with Gasteiger partial charge in [-0.1, -0.05) is 11.6 Å². The van der Waals surface area contributed by atoms with Gasteiger partial charge in [0.15, 0.2) is 6.54 Å². The molecule has 2 aromatic carbocycles. The zero-order valence-electron chi connectivity index (χ0n) is 13.6. The molecule has 124 valence electrons. The predicted molar refractivity (Wildman–Crippen MR) is 94.1 cm³/mol. The third-order valence-electron chi connectivity index (χ3n) is 3.72. The predicted octanol–water partition coefficient (Wildman–Crippen LogP) is 2.39. The Morgan fingerprint density at radius 1 is 1.04 bits per heavy atom. The van der Waals surface area contributed by atoms with Crippen LogP contribution in [0.25, 0.3) is 22.3 Å². The molecule has 0 saturated carbocycles. The Kier molecular flexibility index (Phi) is 5.18. The van der Waals surface area contributed by atoms with Crippen LogP contribution in [0, 0.1) is 0 Å². The van der Waals surface area contributed by atoms with Gasteiger partial charge < -0.3 is 13.9 Å². The van der Waals surface area contributed by atoms with Gasteiger partial charge >= 0.3 is 0 Å². The minimum Gasteiger partial charge on any atom is -0.497 e. The number of methoxy groups -OCH3 is 2. The topological polar surface area (TPSA) is 45.6 Å². The Bertz CT molecular complexity index is 901. The van der Waals surface area contributed by atoms with E-state index in [4.69, 9.17) is 25.5 Å². The van der Waals surface area contributed by atoms with Crippen molar-refractivity contribution in [3.8, 4) is 17.1 Å². The lowest BCUT2D eigenvalue weighted by molar-refractivity contribution is -0.502. The van der Waals surface area contributed by atoms with Gasteiger partial charge in [-0.25, -0.2) is 4.99 Å². The smallest absolute Gasteiger partial charge is 0.213 e. The largest absolute Gasteiger partial charge is 0.497 e. The highest BCUT2D eigenvalue weighted by Crippen LogP contribution is 2.25. The van der Waals surface area contributed by atoms with Gasteiger partial charge in [-0.05, 0) is 42.5 Å². The zero-order valence-corrected chi connectivity index (χ0v) is 14.4. The van der Waals surface area contributed by atoms with Crippen molar-refractivity contribution in [2.45, 2.75) is 0 Å². The van der Waals surface area contributed by atoms with E-state index in [-0.39, 0.29) is 0 Å². The van der Waals surface area contributed by atoms with Crippen LogP contribution < -0.4 is 15.1 Å². The first-order valence-corrected chi connectivity index (χ1v) is 8.02. The number of hydrogen-bond acceptors (Lipinski definition) is 3. The molecule has 0 saturated heterocycles. The third kappa shape index (κ3) is 3.61. The lowest BCUT2D eigenvalue weighted by atomic mass is 10.1. The standard InChI is InChI=1S/C19H18ClNO3/c1-22-10-9-21-17-12-19(13-3-6-15(23-2)7-4-13)24-18-8-5-14(20)11-16(17)18/h3-8,11-12H,9-10H2,1-2H3/p+1. The molecule has 0 fully saturated rings. The van der Waals surface area contributed by atoms with Gasteiger partial charge in [-0.15, -0.1) is 0 Å². The van der Waals surface area contributed by atoms with E-state index < -0.39 is 0 Å². The maximum Gasteiger partial charge on any atom is 0.213 e. The van der Waals surface area contributed by atoms with Crippen molar-refractivity contribution in [2.75, 3.05) is 27.4 Å². The van der Waals surface area contributed by atoms with Crippen LogP contribution in [0.5, 0.6) is 5.75 Å². The van der Waals surface area contributed by atoms with Gasteiger partial charge in [0.1, 0.15) is 23.7 Å². The molecular weight excluding hydrogens is 326 g/mol. The van der Waals surface area contributed by atoms with Crippen molar-refractivity contribution in [1.82, 2.24) is 0 Å². The van der Waals surface area contributed by atoms with Gasteiger partial charge in [0.05, 0.1) is 18.6 Å². The summed E-state index contributed by atoms with van der Waals surface area (Å²) in [6.45, 7) is 1.32. The summed E-state index contributed by atoms with van der Waals surface area (Å²) in [6, 6.07) is 15.3. The molecule has 3 rings (SSSR count). The number of ether oxygens (including phenoxy) is 2. The Hall–Kier alpha value is -2.30. The molecule has 1 N–H and O–H groups in total. The number of hydrogen-bond donors (Lipinski definition) is 1. The second-order valence-corrected chi connectivity index (χ2v) is 5.75. The van der Waals surface area contributed by atoms with Crippen molar-refractivity contribution in [2.24, 2.45) is 0 Å². The van der Waals surface area contributed by atoms with E-state index in [1.54, 1.807) is 14.2 Å². The summed E-state index contributed by atoms with van der Waals surface area (Å²) in [5.41, 5.74) is 1.75. The minimum absolute atomic E-state index is 0.617. The van der Waals surface area contributed by atoms with Gasteiger partial charge in [0, 0.05) is 17.7 Å². The molecule has 1 heterocycles. The van der Waals surface area contributed by atoms with E-state index in [9.17, 15) is 0 Å². The molecule has 0 amide bonds. The van der Waals surface area contributed by atoms with Crippen LogP contribution in [-0.2, 0) is 4.74 Å². The van der Waals surface area contributed by atoms with Crippen molar-refractivity contribution in [1.29, 1.82) is 0 Å². The fraction of sp³-hybridized carbons (Fsp3) is 0.211. The summed E-state index contributed by atoms with van der Waals surface area (Å²) < 4.78 is 16.4. The fourth-order valence-corrected chi connectivity index (χ4v) is 2.66. The normalized spacial score (nSPS) is 11.9. The molecule has 0 aliphatic heterocycles. The average Bonchev–Trinajstić information content (AvgIpc) is 2.62. The molecule has 4 nitrogen and oxygen atoms in total. The van der Waals surface area contributed by atoms with Gasteiger partial charge in [-0.3, -0.25) is 0 Å². The van der Waals surface area contributed by atoms with E-state index in [1.807, 2.05) is 48.5 Å². The van der Waals surface area contributed by atoms with E-state index in [1.165, 1.54) is 0 Å². The molecule has 0 bridgehead atoms. The molecule has 0 spiro atoms. The first-order valence-electron chi connectivity index (χ1n) is 7.65. The van der Waals surface area contributed by atoms with Gasteiger partial charge in [0.25, 0.3) is 0 Å². The lowest BCUT2D eigenvalue weighted by Gasteiger charge is -2.05. The number of nitrogens with one attached hydrogen (secondary N) is 1. The summed E-state index contributed by atoms with van der Waals surface area (Å²) in [5.74, 6) is 1.58. The highest BCUT2D eigenvalue weighted by Gasteiger charge is 2.09. The summed E-state index contributed by atoms with van der Waals surface area (Å²) >= 11 is 6.13. The van der Waals surface area contributed by atoms with Crippen LogP contribution in [-0.4, -0.2) is 27.4 Å². The monoisotopic (exact) mass is 344 g/mol. The highest BCUT2D eigenvalue weighted by atomic mass is 35.5. The first-order chi connectivity index (χ1) is 11.7. The quantitative estimate of drug-likeness (QED) is 0.723. The van der Waals surface area contributed by atoms with Crippen molar-refractivity contribution < 1.29 is 18.9 Å². The summed E-state index contributed by atoms with van der Waals surface area (Å²) in [4.78, 5) is 3.38. The van der Waals surface area contributed by atoms with E-state index in [0.717, 1.165) is 33.4 Å². The fourth-order valence-electron chi connectivity index (χ4n) is 2.49. The molecule has 1 aromatic heterocycles. The van der Waals surface area contributed by atoms with Crippen LogP contribution in [0.1, 0.15) is 0 Å². The zero-order chi connectivity index (χ0) is 16.9.